The van der Waals surface area contributed by atoms with Crippen LogP contribution in [0.25, 0.3) is 55.4 Å². The van der Waals surface area contributed by atoms with Crippen LogP contribution in [0.1, 0.15) is 33.4 Å². The second-order valence-electron chi connectivity index (χ2n) is 13.9. The summed E-state index contributed by atoms with van der Waals surface area (Å²) in [7, 11) is 0. The molecule has 0 radical (unpaired) electrons. The van der Waals surface area contributed by atoms with Crippen molar-refractivity contribution in [2.45, 2.75) is 26.7 Å². The zero-order valence-electron chi connectivity index (χ0n) is 30.3. The van der Waals surface area contributed by atoms with Gasteiger partial charge in [0.25, 0.3) is 0 Å². The summed E-state index contributed by atoms with van der Waals surface area (Å²) in [5.41, 5.74) is 15.9. The molecule has 0 aliphatic carbocycles. The molecule has 6 aromatic carbocycles. The van der Waals surface area contributed by atoms with Gasteiger partial charge >= 0.3 is 0 Å². The molecule has 6 nitrogen and oxygen atoms in total. The highest BCUT2D eigenvalue weighted by molar-refractivity contribution is 5.91. The van der Waals surface area contributed by atoms with Gasteiger partial charge in [0, 0.05) is 21.9 Å². The molecule has 54 heavy (non-hydrogen) atoms. The quantitative estimate of drug-likeness (QED) is 0.173. The Morgan fingerprint density at radius 1 is 0.407 bits per heavy atom. The highest BCUT2D eigenvalue weighted by Crippen LogP contribution is 2.32. The zero-order chi connectivity index (χ0) is 36.4. The van der Waals surface area contributed by atoms with E-state index in [1.807, 2.05) is 21.2 Å². The summed E-state index contributed by atoms with van der Waals surface area (Å²) in [5, 5.41) is 20.5. The van der Waals surface area contributed by atoms with Gasteiger partial charge in [-0.25, -0.2) is 9.03 Å². The molecule has 0 saturated carbocycles. The van der Waals surface area contributed by atoms with Crippen LogP contribution in [0.3, 0.4) is 0 Å². The lowest BCUT2D eigenvalue weighted by molar-refractivity contribution is 0.881. The molecule has 4 heterocycles. The predicted octanol–water partition coefficient (Wildman–Crippen LogP) is 10.9. The van der Waals surface area contributed by atoms with Gasteiger partial charge in [-0.2, -0.15) is 0 Å². The summed E-state index contributed by atoms with van der Waals surface area (Å²) in [6.07, 6.45) is 1.70. The molecule has 0 bridgehead atoms. The van der Waals surface area contributed by atoms with Crippen molar-refractivity contribution in [3.05, 3.63) is 203 Å². The van der Waals surface area contributed by atoms with Crippen LogP contribution in [0.2, 0.25) is 0 Å². The summed E-state index contributed by atoms with van der Waals surface area (Å²) in [5.74, 6) is 0. The van der Waals surface area contributed by atoms with Gasteiger partial charge in [0.05, 0.1) is 22.1 Å². The summed E-state index contributed by atoms with van der Waals surface area (Å²) in [6.45, 7) is 4.20. The molecule has 260 valence electrons. The number of benzene rings is 6. The fourth-order valence-electron chi connectivity index (χ4n) is 7.31. The Morgan fingerprint density at radius 3 is 1.19 bits per heavy atom. The minimum atomic E-state index is 0.849. The van der Waals surface area contributed by atoms with E-state index in [1.165, 1.54) is 44.2 Å². The molecule has 0 amide bonds. The summed E-state index contributed by atoms with van der Waals surface area (Å²) in [6, 6.07) is 59.4. The van der Waals surface area contributed by atoms with Crippen molar-refractivity contribution in [3.8, 4) is 22.5 Å². The third-order valence-corrected chi connectivity index (χ3v) is 10.1. The van der Waals surface area contributed by atoms with Crippen molar-refractivity contribution in [1.82, 2.24) is 29.7 Å². The molecule has 0 fully saturated rings. The molecule has 10 rings (SSSR count). The maximum absolute atomic E-state index is 4.56. The largest absolute Gasteiger partial charge is 0.212 e. The SMILES string of the molecule is Cc1ccc(-c2nnn3c2c(Cc2ccccc2)cc2ccccc23)cc1.Cc1ccc(-c2nnn3c2c(Cc2ccccc2)cc2ccccc23)cc1. The molecular formula is C48H38N6. The second kappa shape index (κ2) is 14.2. The minimum Gasteiger partial charge on any atom is -0.212 e. The first-order valence-corrected chi connectivity index (χ1v) is 18.3. The number of hydrogen-bond acceptors (Lipinski definition) is 4. The monoisotopic (exact) mass is 698 g/mol. The van der Waals surface area contributed by atoms with E-state index in [9.17, 15) is 0 Å². The van der Waals surface area contributed by atoms with Crippen molar-refractivity contribution in [2.75, 3.05) is 0 Å². The van der Waals surface area contributed by atoms with E-state index in [0.29, 0.717) is 0 Å². The van der Waals surface area contributed by atoms with Gasteiger partial charge in [0.15, 0.2) is 0 Å². The molecule has 0 unspecified atom stereocenters. The first kappa shape index (κ1) is 33.0. The van der Waals surface area contributed by atoms with E-state index in [1.54, 1.807) is 0 Å². The van der Waals surface area contributed by atoms with E-state index in [2.05, 4.69) is 192 Å². The number of nitrogens with zero attached hydrogens (tertiary/aromatic N) is 6. The van der Waals surface area contributed by atoms with Gasteiger partial charge in [0.1, 0.15) is 11.4 Å². The van der Waals surface area contributed by atoms with Crippen molar-refractivity contribution in [3.63, 3.8) is 0 Å². The van der Waals surface area contributed by atoms with Crippen LogP contribution in [0.5, 0.6) is 0 Å². The number of hydrogen-bond donors (Lipinski definition) is 0. The van der Waals surface area contributed by atoms with E-state index in [4.69, 9.17) is 0 Å². The number of aryl methyl sites for hydroxylation is 2. The zero-order valence-corrected chi connectivity index (χ0v) is 30.3. The van der Waals surface area contributed by atoms with E-state index in [0.717, 1.165) is 57.4 Å². The van der Waals surface area contributed by atoms with Crippen molar-refractivity contribution in [1.29, 1.82) is 0 Å². The van der Waals surface area contributed by atoms with Crippen LogP contribution in [-0.2, 0) is 12.8 Å². The van der Waals surface area contributed by atoms with Gasteiger partial charge < -0.3 is 0 Å². The lowest BCUT2D eigenvalue weighted by Crippen LogP contribution is -1.97. The lowest BCUT2D eigenvalue weighted by atomic mass is 9.99. The Bertz CT molecular complexity index is 2670. The molecule has 0 aliphatic rings. The minimum absolute atomic E-state index is 0.849. The first-order valence-electron chi connectivity index (χ1n) is 18.3. The van der Waals surface area contributed by atoms with Crippen molar-refractivity contribution >= 4 is 32.8 Å². The van der Waals surface area contributed by atoms with Crippen molar-refractivity contribution in [2.24, 2.45) is 0 Å². The van der Waals surface area contributed by atoms with Crippen LogP contribution in [0.4, 0.5) is 0 Å². The fourth-order valence-corrected chi connectivity index (χ4v) is 7.31. The normalized spacial score (nSPS) is 11.3. The van der Waals surface area contributed by atoms with Crippen LogP contribution >= 0.6 is 0 Å². The average Bonchev–Trinajstić information content (AvgIpc) is 3.87. The van der Waals surface area contributed by atoms with Crippen LogP contribution in [0, 0.1) is 13.8 Å². The number of aromatic nitrogens is 6. The summed E-state index contributed by atoms with van der Waals surface area (Å²) < 4.78 is 3.98. The summed E-state index contributed by atoms with van der Waals surface area (Å²) in [4.78, 5) is 0. The molecule has 0 aliphatic heterocycles. The first-order chi connectivity index (χ1) is 26.6. The molecule has 10 aromatic rings. The molecule has 6 heteroatoms. The van der Waals surface area contributed by atoms with Gasteiger partial charge in [-0.15, -0.1) is 10.2 Å². The topological polar surface area (TPSA) is 60.4 Å². The Balaban J connectivity index is 0.000000142. The highest BCUT2D eigenvalue weighted by atomic mass is 15.4. The standard InChI is InChI=1S/2C24H19N3/c2*1-17-11-13-19(14-12-17)23-24-21(15-18-7-3-2-4-8-18)16-20-9-5-6-10-22(20)27(24)26-25-23/h2*2-14,16H,15H2,1H3. The number of rotatable bonds is 6. The number of para-hydroxylation sites is 2. The Hall–Kier alpha value is -6.92. The van der Waals surface area contributed by atoms with Crippen molar-refractivity contribution < 1.29 is 0 Å². The third kappa shape index (κ3) is 6.39. The molecular weight excluding hydrogens is 661 g/mol. The average molecular weight is 699 g/mol. The lowest BCUT2D eigenvalue weighted by Gasteiger charge is -2.09. The van der Waals surface area contributed by atoms with Crippen LogP contribution in [0.15, 0.2) is 170 Å². The van der Waals surface area contributed by atoms with Gasteiger partial charge in [-0.05, 0) is 73.2 Å². The van der Waals surface area contributed by atoms with Crippen LogP contribution in [-0.4, -0.2) is 29.7 Å². The Morgan fingerprint density at radius 2 is 0.778 bits per heavy atom. The molecule has 0 saturated heterocycles. The maximum atomic E-state index is 4.56. The molecule has 0 atom stereocenters. The second-order valence-corrected chi connectivity index (χ2v) is 13.9. The third-order valence-electron chi connectivity index (χ3n) is 10.1. The molecule has 0 spiro atoms. The maximum Gasteiger partial charge on any atom is 0.121 e. The van der Waals surface area contributed by atoms with Gasteiger partial charge in [0.2, 0.25) is 0 Å². The Kier molecular flexibility index (Phi) is 8.69. The number of fused-ring (bicyclic) bond motifs is 6. The smallest absolute Gasteiger partial charge is 0.121 e. The summed E-state index contributed by atoms with van der Waals surface area (Å²) >= 11 is 0. The molecule has 0 N–H and O–H groups in total. The van der Waals surface area contributed by atoms with Gasteiger partial charge in [-0.3, -0.25) is 0 Å². The Labute approximate surface area is 314 Å². The fraction of sp³-hybridized carbons (Fsp3) is 0.0833. The number of pyridine rings is 2. The van der Waals surface area contributed by atoms with E-state index in [-0.39, 0.29) is 0 Å². The predicted molar refractivity (Wildman–Crippen MR) is 220 cm³/mol. The molecule has 4 aromatic heterocycles. The van der Waals surface area contributed by atoms with E-state index < -0.39 is 0 Å². The highest BCUT2D eigenvalue weighted by Gasteiger charge is 2.18. The van der Waals surface area contributed by atoms with Gasteiger partial charge in [-0.1, -0.05) is 167 Å². The van der Waals surface area contributed by atoms with E-state index >= 15 is 0 Å². The van der Waals surface area contributed by atoms with Crippen LogP contribution < -0.4 is 0 Å².